The highest BCUT2D eigenvalue weighted by molar-refractivity contribution is 6.30. The van der Waals surface area contributed by atoms with E-state index in [-0.39, 0.29) is 12.2 Å². The van der Waals surface area contributed by atoms with Crippen molar-refractivity contribution in [2.45, 2.75) is 45.0 Å². The standard InChI is InChI=1S/C32H33ClN2O5/c1-2-37-31(36)21-38-24-8-10-30-27(18-24)25(26-5-3-13-34-29(26)20-39-30)6-4-14-35-15-11-32(12-16-35)28-9-7-23(33)17-22(28)19-40-32/h3,5-10,13,17-18H,2,4,11-12,14-16,19-21H2,1H3. The van der Waals surface area contributed by atoms with E-state index in [1.807, 2.05) is 36.4 Å². The Kier molecular flexibility index (Phi) is 7.78. The van der Waals surface area contributed by atoms with Crippen LogP contribution in [0.4, 0.5) is 0 Å². The van der Waals surface area contributed by atoms with Crippen LogP contribution in [-0.2, 0) is 33.1 Å². The highest BCUT2D eigenvalue weighted by atomic mass is 35.5. The number of halogens is 1. The smallest absolute Gasteiger partial charge is 0.344 e. The summed E-state index contributed by atoms with van der Waals surface area (Å²) in [6, 6.07) is 15.9. The van der Waals surface area contributed by atoms with Crippen LogP contribution >= 0.6 is 11.6 Å². The normalized spacial score (nSPS) is 18.4. The fraction of sp³-hybridized carbons (Fsp3) is 0.375. The molecular formula is C32H33ClN2O5. The Labute approximate surface area is 239 Å². The average molecular weight is 561 g/mol. The molecule has 0 atom stereocenters. The zero-order valence-corrected chi connectivity index (χ0v) is 23.4. The van der Waals surface area contributed by atoms with Crippen molar-refractivity contribution in [3.8, 4) is 11.5 Å². The molecule has 1 fully saturated rings. The molecule has 6 rings (SSSR count). The van der Waals surface area contributed by atoms with Crippen LogP contribution in [0, 0.1) is 0 Å². The summed E-state index contributed by atoms with van der Waals surface area (Å²) in [7, 11) is 0. The molecular weight excluding hydrogens is 528 g/mol. The van der Waals surface area contributed by atoms with Gasteiger partial charge in [-0.3, -0.25) is 4.98 Å². The van der Waals surface area contributed by atoms with E-state index in [0.29, 0.717) is 25.6 Å². The summed E-state index contributed by atoms with van der Waals surface area (Å²) in [5, 5.41) is 0.768. The largest absolute Gasteiger partial charge is 0.487 e. The third kappa shape index (κ3) is 5.46. The third-order valence-electron chi connectivity index (χ3n) is 7.97. The number of ether oxygens (including phenoxy) is 4. The van der Waals surface area contributed by atoms with E-state index in [0.717, 1.165) is 72.1 Å². The number of fused-ring (bicyclic) bond motifs is 4. The molecule has 4 heterocycles. The van der Waals surface area contributed by atoms with Gasteiger partial charge in [0.05, 0.1) is 24.5 Å². The monoisotopic (exact) mass is 560 g/mol. The van der Waals surface area contributed by atoms with Crippen LogP contribution in [0.2, 0.25) is 5.02 Å². The molecule has 3 aliphatic rings. The maximum Gasteiger partial charge on any atom is 0.344 e. The number of carbonyl (C=O) groups is 1. The highest BCUT2D eigenvalue weighted by Crippen LogP contribution is 2.45. The molecule has 1 spiro atoms. The highest BCUT2D eigenvalue weighted by Gasteiger charge is 2.42. The second kappa shape index (κ2) is 11.6. The van der Waals surface area contributed by atoms with Gasteiger partial charge < -0.3 is 23.8 Å². The number of esters is 1. The number of piperidine rings is 1. The lowest BCUT2D eigenvalue weighted by Crippen LogP contribution is -2.42. The lowest BCUT2D eigenvalue weighted by atomic mass is 9.84. The second-order valence-corrected chi connectivity index (χ2v) is 10.8. The number of nitrogens with zero attached hydrogens (tertiary/aromatic N) is 2. The van der Waals surface area contributed by atoms with E-state index in [4.69, 9.17) is 30.5 Å². The van der Waals surface area contributed by atoms with Gasteiger partial charge in [-0.15, -0.1) is 0 Å². The van der Waals surface area contributed by atoms with Crippen LogP contribution in [0.5, 0.6) is 11.5 Å². The van der Waals surface area contributed by atoms with Crippen LogP contribution < -0.4 is 9.47 Å². The van der Waals surface area contributed by atoms with E-state index in [1.54, 1.807) is 13.1 Å². The fourth-order valence-corrected chi connectivity index (χ4v) is 6.15. The van der Waals surface area contributed by atoms with Crippen molar-refractivity contribution < 1.29 is 23.7 Å². The van der Waals surface area contributed by atoms with Crippen LogP contribution in [0.25, 0.3) is 5.57 Å². The maximum atomic E-state index is 11.8. The minimum Gasteiger partial charge on any atom is -0.487 e. The van der Waals surface area contributed by atoms with Crippen molar-refractivity contribution in [2.75, 3.05) is 32.8 Å². The van der Waals surface area contributed by atoms with Crippen LogP contribution in [-0.4, -0.2) is 48.7 Å². The van der Waals surface area contributed by atoms with Crippen molar-refractivity contribution in [1.82, 2.24) is 9.88 Å². The Morgan fingerprint density at radius 2 is 2.00 bits per heavy atom. The van der Waals surface area contributed by atoms with Gasteiger partial charge in [0.15, 0.2) is 6.61 Å². The first-order chi connectivity index (χ1) is 19.5. The molecule has 3 aromatic rings. The molecule has 0 bridgehead atoms. The quantitative estimate of drug-likeness (QED) is 0.333. The van der Waals surface area contributed by atoms with Gasteiger partial charge in [0.2, 0.25) is 0 Å². The summed E-state index contributed by atoms with van der Waals surface area (Å²) in [6.07, 6.45) is 6.89. The average Bonchev–Trinajstić information content (AvgIpc) is 3.22. The summed E-state index contributed by atoms with van der Waals surface area (Å²) >= 11 is 6.21. The number of aromatic nitrogens is 1. The Morgan fingerprint density at radius 1 is 1.12 bits per heavy atom. The molecule has 1 aromatic heterocycles. The zero-order valence-electron chi connectivity index (χ0n) is 22.7. The van der Waals surface area contributed by atoms with Crippen molar-refractivity contribution in [3.63, 3.8) is 0 Å². The van der Waals surface area contributed by atoms with Gasteiger partial charge >= 0.3 is 5.97 Å². The number of hydrogen-bond acceptors (Lipinski definition) is 7. The van der Waals surface area contributed by atoms with Crippen LogP contribution in [0.3, 0.4) is 0 Å². The van der Waals surface area contributed by atoms with Crippen LogP contribution in [0.15, 0.2) is 60.8 Å². The van der Waals surface area contributed by atoms with Gasteiger partial charge in [-0.05, 0) is 79.3 Å². The van der Waals surface area contributed by atoms with E-state index in [1.165, 1.54) is 11.1 Å². The zero-order chi connectivity index (χ0) is 27.5. The van der Waals surface area contributed by atoms with Gasteiger partial charge in [-0.25, -0.2) is 4.79 Å². The number of carbonyl (C=O) groups excluding carboxylic acids is 1. The molecule has 0 radical (unpaired) electrons. The van der Waals surface area contributed by atoms with Gasteiger partial charge in [0.1, 0.15) is 18.1 Å². The fourth-order valence-electron chi connectivity index (χ4n) is 5.95. The Balaban J connectivity index is 1.17. The van der Waals surface area contributed by atoms with E-state index >= 15 is 0 Å². The second-order valence-electron chi connectivity index (χ2n) is 10.4. The first kappa shape index (κ1) is 26.8. The molecule has 8 heteroatoms. The van der Waals surface area contributed by atoms with E-state index < -0.39 is 5.97 Å². The molecule has 0 aliphatic carbocycles. The van der Waals surface area contributed by atoms with Crippen molar-refractivity contribution in [3.05, 3.63) is 93.8 Å². The Hall–Kier alpha value is -3.39. The van der Waals surface area contributed by atoms with Crippen LogP contribution in [0.1, 0.15) is 54.1 Å². The first-order valence-electron chi connectivity index (χ1n) is 13.9. The molecule has 3 aliphatic heterocycles. The van der Waals surface area contributed by atoms with Gasteiger partial charge in [-0.2, -0.15) is 0 Å². The molecule has 208 valence electrons. The summed E-state index contributed by atoms with van der Waals surface area (Å²) in [4.78, 5) is 18.9. The predicted octanol–water partition coefficient (Wildman–Crippen LogP) is 5.91. The van der Waals surface area contributed by atoms with Crippen molar-refractivity contribution in [2.24, 2.45) is 0 Å². The Bertz CT molecular complexity index is 1430. The molecule has 0 unspecified atom stereocenters. The summed E-state index contributed by atoms with van der Waals surface area (Å²) in [5.74, 6) is 0.968. The number of hydrogen-bond donors (Lipinski definition) is 0. The number of benzene rings is 2. The first-order valence-corrected chi connectivity index (χ1v) is 14.3. The summed E-state index contributed by atoms with van der Waals surface area (Å²) in [6.45, 7) is 5.90. The summed E-state index contributed by atoms with van der Waals surface area (Å²) in [5.41, 5.74) is 6.29. The lowest BCUT2D eigenvalue weighted by Gasteiger charge is -2.39. The lowest BCUT2D eigenvalue weighted by molar-refractivity contribution is -0.145. The molecule has 2 aromatic carbocycles. The molecule has 40 heavy (non-hydrogen) atoms. The molecule has 0 saturated carbocycles. The van der Waals surface area contributed by atoms with Crippen molar-refractivity contribution in [1.29, 1.82) is 0 Å². The number of likely N-dealkylation sites (tertiary alicyclic amines) is 1. The third-order valence-corrected chi connectivity index (χ3v) is 8.20. The maximum absolute atomic E-state index is 11.8. The van der Waals surface area contributed by atoms with E-state index in [2.05, 4.69) is 28.1 Å². The SMILES string of the molecule is CCOC(=O)COc1ccc2c(c1)C(=CCCN1CCC3(CC1)OCc1cc(Cl)ccc13)c1cccnc1CO2. The topological polar surface area (TPSA) is 70.1 Å². The minimum atomic E-state index is -0.391. The number of rotatable bonds is 7. The minimum absolute atomic E-state index is 0.137. The van der Waals surface area contributed by atoms with Gasteiger partial charge in [-0.1, -0.05) is 29.8 Å². The van der Waals surface area contributed by atoms with Crippen molar-refractivity contribution >= 4 is 23.1 Å². The van der Waals surface area contributed by atoms with E-state index in [9.17, 15) is 4.79 Å². The summed E-state index contributed by atoms with van der Waals surface area (Å²) < 4.78 is 23.2. The Morgan fingerprint density at radius 3 is 2.85 bits per heavy atom. The molecule has 0 N–H and O–H groups in total. The molecule has 1 saturated heterocycles. The van der Waals surface area contributed by atoms with Gasteiger partial charge in [0.25, 0.3) is 0 Å². The molecule has 0 amide bonds. The predicted molar refractivity (Wildman–Crippen MR) is 152 cm³/mol. The number of pyridine rings is 1. The van der Waals surface area contributed by atoms with Gasteiger partial charge in [0, 0.05) is 42.0 Å². The molecule has 7 nitrogen and oxygen atoms in total.